The van der Waals surface area contributed by atoms with Crippen LogP contribution in [0, 0.1) is 11.3 Å². The Morgan fingerprint density at radius 3 is 2.19 bits per heavy atom. The summed E-state index contributed by atoms with van der Waals surface area (Å²) < 4.78 is 5.92. The highest BCUT2D eigenvalue weighted by atomic mass is 16.5. The molecule has 2 nitrogen and oxygen atoms in total. The van der Waals surface area contributed by atoms with Crippen LogP contribution >= 0.6 is 0 Å². The van der Waals surface area contributed by atoms with Gasteiger partial charge in [-0.25, -0.2) is 0 Å². The fourth-order valence-electron chi connectivity index (χ4n) is 3.11. The van der Waals surface area contributed by atoms with E-state index in [0.29, 0.717) is 17.9 Å². The minimum Gasteiger partial charge on any atom is -0.492 e. The summed E-state index contributed by atoms with van der Waals surface area (Å²) in [7, 11) is 0. The molecule has 130 valence electrons. The van der Waals surface area contributed by atoms with E-state index in [-0.39, 0.29) is 0 Å². The Kier molecular flexibility index (Phi) is 6.06. The highest BCUT2D eigenvalue weighted by Crippen LogP contribution is 2.36. The predicted molar refractivity (Wildman–Crippen MR) is 107 cm³/mol. The maximum Gasteiger partial charge on any atom is 0.137 e. The van der Waals surface area contributed by atoms with Crippen LogP contribution in [-0.4, -0.2) is 6.61 Å². The first-order chi connectivity index (χ1) is 12.8. The molecule has 0 atom stereocenters. The molecule has 0 heterocycles. The van der Waals surface area contributed by atoms with Gasteiger partial charge >= 0.3 is 0 Å². The van der Waals surface area contributed by atoms with Crippen LogP contribution in [0.5, 0.6) is 5.75 Å². The Labute approximate surface area is 155 Å². The summed E-state index contributed by atoms with van der Waals surface area (Å²) in [6.07, 6.45) is 3.30. The average Bonchev–Trinajstić information content (AvgIpc) is 2.71. The third-order valence-corrected chi connectivity index (χ3v) is 4.45. The smallest absolute Gasteiger partial charge is 0.137 e. The van der Waals surface area contributed by atoms with Crippen LogP contribution in [-0.2, 0) is 0 Å². The van der Waals surface area contributed by atoms with Crippen molar-refractivity contribution < 1.29 is 4.74 Å². The minimum absolute atomic E-state index is 0.604. The molecule has 3 aromatic rings. The number of hydrogen-bond donors (Lipinski definition) is 0. The van der Waals surface area contributed by atoms with E-state index in [9.17, 15) is 5.26 Å². The zero-order chi connectivity index (χ0) is 18.2. The number of nitriles is 1. The lowest BCUT2D eigenvalue weighted by Crippen LogP contribution is -2.00. The lowest BCUT2D eigenvalue weighted by molar-refractivity contribution is 0.305. The molecular weight excluding hydrogens is 318 g/mol. The molecular formula is C24H23NO. The van der Waals surface area contributed by atoms with E-state index < -0.39 is 0 Å². The standard InChI is InChI=1S/C24H23NO/c1-2-3-9-17-26-24-16-10-15-22(23(24)18-25)21-14-8-7-13-20(21)19-11-5-4-6-12-19/h4-8,10-16H,2-3,9,17H2,1H3. The summed E-state index contributed by atoms with van der Waals surface area (Å²) in [6.45, 7) is 2.81. The van der Waals surface area contributed by atoms with E-state index in [0.717, 1.165) is 41.5 Å². The molecule has 0 amide bonds. The van der Waals surface area contributed by atoms with Crippen LogP contribution < -0.4 is 4.74 Å². The maximum absolute atomic E-state index is 9.79. The number of benzene rings is 3. The molecule has 2 heteroatoms. The number of nitrogens with zero attached hydrogens (tertiary/aromatic N) is 1. The number of rotatable bonds is 7. The largest absolute Gasteiger partial charge is 0.492 e. The topological polar surface area (TPSA) is 33.0 Å². The van der Waals surface area contributed by atoms with Crippen molar-refractivity contribution in [3.05, 3.63) is 78.4 Å². The monoisotopic (exact) mass is 341 g/mol. The molecule has 0 bridgehead atoms. The zero-order valence-corrected chi connectivity index (χ0v) is 15.1. The third-order valence-electron chi connectivity index (χ3n) is 4.45. The molecule has 3 aromatic carbocycles. The molecule has 0 spiro atoms. The SMILES string of the molecule is CCCCCOc1cccc(-c2ccccc2-c2ccccc2)c1C#N. The van der Waals surface area contributed by atoms with Gasteiger partial charge in [-0.1, -0.05) is 86.5 Å². The van der Waals surface area contributed by atoms with E-state index in [4.69, 9.17) is 4.74 Å². The first-order valence-corrected chi connectivity index (χ1v) is 9.16. The Bertz CT molecular complexity index is 894. The Morgan fingerprint density at radius 1 is 0.769 bits per heavy atom. The van der Waals surface area contributed by atoms with Gasteiger partial charge in [-0.3, -0.25) is 0 Å². The Morgan fingerprint density at radius 2 is 1.46 bits per heavy atom. The van der Waals surface area contributed by atoms with Gasteiger partial charge in [0.25, 0.3) is 0 Å². The molecule has 0 aromatic heterocycles. The summed E-state index contributed by atoms with van der Waals surface area (Å²) >= 11 is 0. The quantitative estimate of drug-likeness (QED) is 0.462. The Hall–Kier alpha value is -3.05. The van der Waals surface area contributed by atoms with Gasteiger partial charge in [-0.15, -0.1) is 0 Å². The van der Waals surface area contributed by atoms with Crippen LogP contribution in [0.4, 0.5) is 0 Å². The number of hydrogen-bond acceptors (Lipinski definition) is 2. The van der Waals surface area contributed by atoms with E-state index >= 15 is 0 Å². The van der Waals surface area contributed by atoms with Gasteiger partial charge in [-0.2, -0.15) is 5.26 Å². The fraction of sp³-hybridized carbons (Fsp3) is 0.208. The molecule has 0 unspecified atom stereocenters. The van der Waals surface area contributed by atoms with E-state index in [1.807, 2.05) is 48.5 Å². The highest BCUT2D eigenvalue weighted by Gasteiger charge is 2.14. The third kappa shape index (κ3) is 3.95. The highest BCUT2D eigenvalue weighted by molar-refractivity contribution is 5.86. The van der Waals surface area contributed by atoms with Crippen LogP contribution in [0.3, 0.4) is 0 Å². The second-order valence-corrected chi connectivity index (χ2v) is 6.26. The van der Waals surface area contributed by atoms with Crippen molar-refractivity contribution in [2.45, 2.75) is 26.2 Å². The molecule has 3 rings (SSSR count). The van der Waals surface area contributed by atoms with Crippen molar-refractivity contribution in [2.75, 3.05) is 6.61 Å². The zero-order valence-electron chi connectivity index (χ0n) is 15.1. The van der Waals surface area contributed by atoms with Gasteiger partial charge in [-0.05, 0) is 29.2 Å². The van der Waals surface area contributed by atoms with Crippen molar-refractivity contribution >= 4 is 0 Å². The van der Waals surface area contributed by atoms with Crippen LogP contribution in [0.1, 0.15) is 31.7 Å². The van der Waals surface area contributed by atoms with Crippen molar-refractivity contribution in [3.63, 3.8) is 0 Å². The second kappa shape index (κ2) is 8.87. The van der Waals surface area contributed by atoms with Crippen molar-refractivity contribution in [1.82, 2.24) is 0 Å². The molecule has 0 radical (unpaired) electrons. The summed E-state index contributed by atoms with van der Waals surface area (Å²) in [5, 5.41) is 9.79. The molecule has 0 fully saturated rings. The average molecular weight is 341 g/mol. The van der Waals surface area contributed by atoms with Crippen LogP contribution in [0.25, 0.3) is 22.3 Å². The molecule has 0 saturated heterocycles. The van der Waals surface area contributed by atoms with Crippen LogP contribution in [0.15, 0.2) is 72.8 Å². The molecule has 26 heavy (non-hydrogen) atoms. The molecule has 0 saturated carbocycles. The van der Waals surface area contributed by atoms with Gasteiger partial charge in [0.1, 0.15) is 17.4 Å². The number of unbranched alkanes of at least 4 members (excludes halogenated alkanes) is 2. The maximum atomic E-state index is 9.79. The van der Waals surface area contributed by atoms with E-state index in [1.165, 1.54) is 0 Å². The van der Waals surface area contributed by atoms with E-state index in [2.05, 4.69) is 37.3 Å². The lowest BCUT2D eigenvalue weighted by Gasteiger charge is -2.14. The summed E-state index contributed by atoms with van der Waals surface area (Å²) in [4.78, 5) is 0. The van der Waals surface area contributed by atoms with Gasteiger partial charge in [0, 0.05) is 5.56 Å². The van der Waals surface area contributed by atoms with Crippen molar-refractivity contribution in [2.24, 2.45) is 0 Å². The molecule has 0 aliphatic rings. The van der Waals surface area contributed by atoms with Gasteiger partial charge < -0.3 is 4.74 Å². The summed E-state index contributed by atoms with van der Waals surface area (Å²) in [6, 6.07) is 26.7. The predicted octanol–water partition coefficient (Wildman–Crippen LogP) is 6.46. The summed E-state index contributed by atoms with van der Waals surface area (Å²) in [5.41, 5.74) is 4.83. The van der Waals surface area contributed by atoms with Crippen LogP contribution in [0.2, 0.25) is 0 Å². The Balaban J connectivity index is 2.02. The normalized spacial score (nSPS) is 10.3. The molecule has 0 aliphatic carbocycles. The van der Waals surface area contributed by atoms with Crippen molar-refractivity contribution in [1.29, 1.82) is 5.26 Å². The summed E-state index contributed by atoms with van der Waals surface area (Å²) in [5.74, 6) is 0.670. The van der Waals surface area contributed by atoms with Gasteiger partial charge in [0.15, 0.2) is 0 Å². The molecule has 0 aliphatic heterocycles. The molecule has 0 N–H and O–H groups in total. The minimum atomic E-state index is 0.604. The first kappa shape index (κ1) is 17.8. The van der Waals surface area contributed by atoms with Gasteiger partial charge in [0.05, 0.1) is 6.61 Å². The fourth-order valence-corrected chi connectivity index (χ4v) is 3.11. The number of ether oxygens (including phenoxy) is 1. The van der Waals surface area contributed by atoms with Gasteiger partial charge in [0.2, 0.25) is 0 Å². The lowest BCUT2D eigenvalue weighted by atomic mass is 9.92. The van der Waals surface area contributed by atoms with Crippen molar-refractivity contribution in [3.8, 4) is 34.1 Å². The second-order valence-electron chi connectivity index (χ2n) is 6.26. The van der Waals surface area contributed by atoms with E-state index in [1.54, 1.807) is 0 Å². The first-order valence-electron chi connectivity index (χ1n) is 9.16.